The highest BCUT2D eigenvalue weighted by atomic mass is 32.1. The first kappa shape index (κ1) is 11.2. The molecule has 1 amide bonds. The maximum atomic E-state index is 11.2. The van der Waals surface area contributed by atoms with Crippen LogP contribution in [0.1, 0.15) is 5.56 Å². The van der Waals surface area contributed by atoms with E-state index in [4.69, 9.17) is 9.57 Å². The van der Waals surface area contributed by atoms with E-state index >= 15 is 0 Å². The number of amides is 1. The summed E-state index contributed by atoms with van der Waals surface area (Å²) in [5.74, 6) is -0.139. The molecule has 0 aliphatic carbocycles. The van der Waals surface area contributed by atoms with Crippen LogP contribution >= 0.6 is 11.3 Å². The highest BCUT2D eigenvalue weighted by Crippen LogP contribution is 2.05. The molecule has 0 saturated carbocycles. The molecule has 14 heavy (non-hydrogen) atoms. The average molecular weight is 215 g/mol. The van der Waals surface area contributed by atoms with Crippen LogP contribution in [0.4, 0.5) is 0 Å². The fourth-order valence-electron chi connectivity index (χ4n) is 0.871. The van der Waals surface area contributed by atoms with E-state index in [0.29, 0.717) is 19.6 Å². The quantitative estimate of drug-likeness (QED) is 0.568. The maximum absolute atomic E-state index is 11.2. The van der Waals surface area contributed by atoms with Gasteiger partial charge in [-0.1, -0.05) is 0 Å². The molecular formula is C9H13NO3S. The molecule has 1 heterocycles. The first-order valence-electron chi connectivity index (χ1n) is 4.23. The monoisotopic (exact) mass is 215 g/mol. The van der Waals surface area contributed by atoms with Gasteiger partial charge in [-0.15, -0.1) is 0 Å². The van der Waals surface area contributed by atoms with E-state index in [1.54, 1.807) is 18.4 Å². The summed E-state index contributed by atoms with van der Waals surface area (Å²) in [6.07, 6.45) is 0.358. The molecule has 0 aliphatic rings. The lowest BCUT2D eigenvalue weighted by Crippen LogP contribution is -2.26. The number of hydroxylamine groups is 1. The fourth-order valence-corrected chi connectivity index (χ4v) is 1.54. The Labute approximate surface area is 86.8 Å². The van der Waals surface area contributed by atoms with Crippen LogP contribution in [0.5, 0.6) is 0 Å². The van der Waals surface area contributed by atoms with E-state index in [1.165, 1.54) is 0 Å². The Morgan fingerprint density at radius 2 is 2.43 bits per heavy atom. The Balaban J connectivity index is 2.11. The van der Waals surface area contributed by atoms with Crippen LogP contribution in [-0.4, -0.2) is 26.2 Å². The zero-order valence-corrected chi connectivity index (χ0v) is 8.80. The average Bonchev–Trinajstić information content (AvgIpc) is 2.65. The molecule has 0 fully saturated rings. The highest BCUT2D eigenvalue weighted by molar-refractivity contribution is 7.07. The van der Waals surface area contributed by atoms with E-state index in [0.717, 1.165) is 5.56 Å². The van der Waals surface area contributed by atoms with Crippen molar-refractivity contribution in [2.24, 2.45) is 0 Å². The number of nitrogens with one attached hydrogen (secondary N) is 1. The van der Waals surface area contributed by atoms with Gasteiger partial charge in [-0.2, -0.15) is 11.3 Å². The Morgan fingerprint density at radius 3 is 3.07 bits per heavy atom. The third-order valence-electron chi connectivity index (χ3n) is 1.52. The van der Waals surface area contributed by atoms with Crippen molar-refractivity contribution in [2.75, 3.05) is 20.3 Å². The second-order valence-electron chi connectivity index (χ2n) is 2.67. The van der Waals surface area contributed by atoms with E-state index in [-0.39, 0.29) is 5.91 Å². The van der Waals surface area contributed by atoms with Gasteiger partial charge < -0.3 is 4.74 Å². The third kappa shape index (κ3) is 4.36. The van der Waals surface area contributed by atoms with Crippen LogP contribution in [0.2, 0.25) is 0 Å². The minimum absolute atomic E-state index is 0.139. The summed E-state index contributed by atoms with van der Waals surface area (Å²) in [7, 11) is 1.58. The lowest BCUT2D eigenvalue weighted by Gasteiger charge is -2.03. The van der Waals surface area contributed by atoms with Crippen molar-refractivity contribution in [1.29, 1.82) is 0 Å². The molecule has 1 rings (SSSR count). The standard InChI is InChI=1S/C9H13NO3S/c1-12-3-4-13-10-9(11)6-8-2-5-14-7-8/h2,5,7H,3-4,6H2,1H3,(H,10,11). The van der Waals surface area contributed by atoms with Crippen molar-refractivity contribution >= 4 is 17.2 Å². The van der Waals surface area contributed by atoms with Crippen molar-refractivity contribution in [2.45, 2.75) is 6.42 Å². The minimum atomic E-state index is -0.139. The number of carbonyl (C=O) groups excluding carboxylic acids is 1. The molecule has 0 bridgehead atoms. The number of hydrogen-bond donors (Lipinski definition) is 1. The van der Waals surface area contributed by atoms with Crippen LogP contribution in [0.25, 0.3) is 0 Å². The van der Waals surface area contributed by atoms with Crippen LogP contribution in [-0.2, 0) is 20.8 Å². The van der Waals surface area contributed by atoms with Gasteiger partial charge in [0.05, 0.1) is 19.6 Å². The Kier molecular flexibility index (Phi) is 5.21. The van der Waals surface area contributed by atoms with Gasteiger partial charge in [0, 0.05) is 7.11 Å². The Hall–Kier alpha value is -0.910. The summed E-state index contributed by atoms with van der Waals surface area (Å²) in [5.41, 5.74) is 3.34. The molecule has 1 aromatic heterocycles. The molecule has 0 atom stereocenters. The molecule has 1 aromatic rings. The van der Waals surface area contributed by atoms with Gasteiger partial charge in [-0.05, 0) is 22.4 Å². The van der Waals surface area contributed by atoms with Crippen LogP contribution < -0.4 is 5.48 Å². The minimum Gasteiger partial charge on any atom is -0.382 e. The molecule has 0 spiro atoms. The van der Waals surface area contributed by atoms with E-state index in [9.17, 15) is 4.79 Å². The van der Waals surface area contributed by atoms with Crippen molar-refractivity contribution in [3.8, 4) is 0 Å². The largest absolute Gasteiger partial charge is 0.382 e. The molecule has 1 N–H and O–H groups in total. The van der Waals surface area contributed by atoms with Crippen molar-refractivity contribution in [3.63, 3.8) is 0 Å². The lowest BCUT2D eigenvalue weighted by atomic mass is 10.2. The zero-order chi connectivity index (χ0) is 10.2. The molecule has 0 saturated heterocycles. The lowest BCUT2D eigenvalue weighted by molar-refractivity contribution is -0.133. The van der Waals surface area contributed by atoms with E-state index in [1.807, 2.05) is 16.8 Å². The van der Waals surface area contributed by atoms with Crippen LogP contribution in [0, 0.1) is 0 Å². The zero-order valence-electron chi connectivity index (χ0n) is 7.99. The molecular weight excluding hydrogens is 202 g/mol. The van der Waals surface area contributed by atoms with Gasteiger partial charge in [0.1, 0.15) is 0 Å². The first-order chi connectivity index (χ1) is 6.83. The third-order valence-corrected chi connectivity index (χ3v) is 2.25. The molecule has 5 heteroatoms. The van der Waals surface area contributed by atoms with Crippen molar-refractivity contribution in [3.05, 3.63) is 22.4 Å². The molecule has 4 nitrogen and oxygen atoms in total. The Bertz CT molecular complexity index is 261. The SMILES string of the molecule is COCCONC(=O)Cc1ccsc1. The molecule has 0 unspecified atom stereocenters. The maximum Gasteiger partial charge on any atom is 0.247 e. The molecule has 78 valence electrons. The van der Waals surface area contributed by atoms with Gasteiger partial charge in [0.25, 0.3) is 0 Å². The molecule has 0 radical (unpaired) electrons. The summed E-state index contributed by atoms with van der Waals surface area (Å²) in [5, 5.41) is 3.88. The predicted molar refractivity (Wildman–Crippen MR) is 54.0 cm³/mol. The van der Waals surface area contributed by atoms with Crippen LogP contribution in [0.15, 0.2) is 16.8 Å². The summed E-state index contributed by atoms with van der Waals surface area (Å²) < 4.78 is 4.75. The summed E-state index contributed by atoms with van der Waals surface area (Å²) in [6.45, 7) is 0.838. The number of ether oxygens (including phenoxy) is 1. The Morgan fingerprint density at radius 1 is 1.57 bits per heavy atom. The number of carbonyl (C=O) groups is 1. The van der Waals surface area contributed by atoms with Gasteiger partial charge >= 0.3 is 0 Å². The van der Waals surface area contributed by atoms with Gasteiger partial charge in [0.15, 0.2) is 0 Å². The molecule has 0 aliphatic heterocycles. The summed E-state index contributed by atoms with van der Waals surface area (Å²) >= 11 is 1.57. The van der Waals surface area contributed by atoms with Crippen LogP contribution in [0.3, 0.4) is 0 Å². The highest BCUT2D eigenvalue weighted by Gasteiger charge is 2.02. The summed E-state index contributed by atoms with van der Waals surface area (Å²) in [4.78, 5) is 16.1. The number of rotatable bonds is 6. The van der Waals surface area contributed by atoms with Gasteiger partial charge in [-0.3, -0.25) is 9.63 Å². The second-order valence-corrected chi connectivity index (χ2v) is 3.45. The number of methoxy groups -OCH3 is 1. The summed E-state index contributed by atoms with van der Waals surface area (Å²) in [6, 6.07) is 1.92. The van der Waals surface area contributed by atoms with Gasteiger partial charge in [-0.25, -0.2) is 5.48 Å². The number of thiophene rings is 1. The fraction of sp³-hybridized carbons (Fsp3) is 0.444. The smallest absolute Gasteiger partial charge is 0.247 e. The first-order valence-corrected chi connectivity index (χ1v) is 5.18. The second kappa shape index (κ2) is 6.53. The van der Waals surface area contributed by atoms with E-state index < -0.39 is 0 Å². The van der Waals surface area contributed by atoms with Gasteiger partial charge in [0.2, 0.25) is 5.91 Å². The van der Waals surface area contributed by atoms with Crippen molar-refractivity contribution in [1.82, 2.24) is 5.48 Å². The van der Waals surface area contributed by atoms with E-state index in [2.05, 4.69) is 5.48 Å². The molecule has 0 aromatic carbocycles. The normalized spacial score (nSPS) is 10.1. The predicted octanol–water partition coefficient (Wildman–Crippen LogP) is 0.985. The topological polar surface area (TPSA) is 47.6 Å². The van der Waals surface area contributed by atoms with Crippen molar-refractivity contribution < 1.29 is 14.4 Å². The number of hydrogen-bond acceptors (Lipinski definition) is 4.